The fourth-order valence-corrected chi connectivity index (χ4v) is 2.60. The molecule has 1 rings (SSSR count). The number of carbonyl (C=O) groups is 2. The molecule has 1 aromatic rings. The van der Waals surface area contributed by atoms with E-state index >= 15 is 0 Å². The van der Waals surface area contributed by atoms with Gasteiger partial charge in [-0.2, -0.15) is 0 Å². The first kappa shape index (κ1) is 18.2. The summed E-state index contributed by atoms with van der Waals surface area (Å²) in [6, 6.07) is 4.76. The Bertz CT molecular complexity index is 668. The number of hydrogen-bond donors (Lipinski definition) is 2. The Balaban J connectivity index is 2.86. The van der Waals surface area contributed by atoms with E-state index in [1.54, 1.807) is 0 Å². The molecule has 0 aliphatic carbocycles. The number of sulfone groups is 1. The summed E-state index contributed by atoms with van der Waals surface area (Å²) in [7, 11) is -3.21. The molecule has 0 heterocycles. The van der Waals surface area contributed by atoms with E-state index in [1.165, 1.54) is 6.92 Å². The van der Waals surface area contributed by atoms with Crippen molar-refractivity contribution in [3.63, 3.8) is 0 Å². The Morgan fingerprint density at radius 3 is 2.41 bits per heavy atom. The number of nitrogens with one attached hydrogen (secondary N) is 2. The molecule has 122 valence electrons. The third kappa shape index (κ3) is 6.26. The molecule has 1 atom stereocenters. The summed E-state index contributed by atoms with van der Waals surface area (Å²) in [4.78, 5) is 23.5. The predicted molar refractivity (Wildman–Crippen MR) is 86.5 cm³/mol. The number of benzene rings is 1. The first-order valence-corrected chi connectivity index (χ1v) is 8.97. The van der Waals surface area contributed by atoms with Gasteiger partial charge in [0.1, 0.15) is 15.9 Å². The van der Waals surface area contributed by atoms with Crippen LogP contribution in [-0.2, 0) is 19.4 Å². The molecule has 0 unspecified atom stereocenters. The van der Waals surface area contributed by atoms with Gasteiger partial charge in [0.05, 0.1) is 5.75 Å². The van der Waals surface area contributed by atoms with E-state index in [2.05, 4.69) is 10.6 Å². The summed E-state index contributed by atoms with van der Waals surface area (Å²) in [6.45, 7) is 5.06. The number of hydrogen-bond acceptors (Lipinski definition) is 4. The molecule has 22 heavy (non-hydrogen) atoms. The maximum absolute atomic E-state index is 12.3. The van der Waals surface area contributed by atoms with Gasteiger partial charge in [0.25, 0.3) is 0 Å². The van der Waals surface area contributed by atoms with Crippen LogP contribution in [0.1, 0.15) is 24.5 Å². The van der Waals surface area contributed by atoms with E-state index < -0.39 is 21.8 Å². The molecule has 0 spiro atoms. The average Bonchev–Trinajstić information content (AvgIpc) is 2.37. The standard InChI is InChI=1S/C15H22N2O4S/c1-10-5-6-11(2)14(9-10)17-15(19)13(16-12(3)18)7-8-22(4,20)21/h5-6,9,13H,7-8H2,1-4H3,(H,16,18)(H,17,19)/t13-/m0/s1. The molecule has 1 aromatic carbocycles. The van der Waals surface area contributed by atoms with E-state index in [0.29, 0.717) is 5.69 Å². The Morgan fingerprint density at radius 2 is 1.86 bits per heavy atom. The van der Waals surface area contributed by atoms with Gasteiger partial charge < -0.3 is 10.6 Å². The zero-order valence-electron chi connectivity index (χ0n) is 13.3. The number of rotatable bonds is 6. The predicted octanol–water partition coefficient (Wildman–Crippen LogP) is 1.18. The molecule has 0 saturated carbocycles. The number of carbonyl (C=O) groups excluding carboxylic acids is 2. The van der Waals surface area contributed by atoms with Gasteiger partial charge in [-0.05, 0) is 37.5 Å². The van der Waals surface area contributed by atoms with E-state index in [-0.39, 0.29) is 18.1 Å². The monoisotopic (exact) mass is 326 g/mol. The van der Waals surface area contributed by atoms with Crippen molar-refractivity contribution in [1.29, 1.82) is 0 Å². The van der Waals surface area contributed by atoms with Crippen LogP contribution in [0.5, 0.6) is 0 Å². The van der Waals surface area contributed by atoms with Gasteiger partial charge in [0, 0.05) is 18.9 Å². The second-order valence-corrected chi connectivity index (χ2v) is 7.74. The Morgan fingerprint density at radius 1 is 1.23 bits per heavy atom. The Hall–Kier alpha value is -1.89. The van der Waals surface area contributed by atoms with Crippen LogP contribution in [0.3, 0.4) is 0 Å². The minimum Gasteiger partial charge on any atom is -0.345 e. The number of anilines is 1. The van der Waals surface area contributed by atoms with Gasteiger partial charge in [-0.1, -0.05) is 12.1 Å². The lowest BCUT2D eigenvalue weighted by atomic mass is 10.1. The Labute approximate surface area is 131 Å². The SMILES string of the molecule is CC(=O)N[C@@H](CCS(C)(=O)=O)C(=O)Nc1cc(C)ccc1C. The maximum atomic E-state index is 12.3. The van der Waals surface area contributed by atoms with E-state index in [4.69, 9.17) is 0 Å². The van der Waals surface area contributed by atoms with Crippen molar-refractivity contribution in [2.45, 2.75) is 33.2 Å². The first-order chi connectivity index (χ1) is 10.1. The third-order valence-corrected chi connectivity index (χ3v) is 4.10. The van der Waals surface area contributed by atoms with E-state index in [0.717, 1.165) is 17.4 Å². The highest BCUT2D eigenvalue weighted by Gasteiger charge is 2.21. The molecule has 0 aromatic heterocycles. The van der Waals surface area contributed by atoms with Gasteiger partial charge in [-0.15, -0.1) is 0 Å². The molecule has 0 saturated heterocycles. The number of amides is 2. The maximum Gasteiger partial charge on any atom is 0.246 e. The number of aryl methyl sites for hydroxylation is 2. The minimum absolute atomic E-state index is 0.0368. The normalized spacial score (nSPS) is 12.5. The zero-order chi connectivity index (χ0) is 16.9. The van der Waals surface area contributed by atoms with Crippen LogP contribution in [0.2, 0.25) is 0 Å². The smallest absolute Gasteiger partial charge is 0.246 e. The van der Waals surface area contributed by atoms with Crippen LogP contribution in [0.25, 0.3) is 0 Å². The van der Waals surface area contributed by atoms with Crippen LogP contribution in [0.4, 0.5) is 5.69 Å². The molecule has 2 amide bonds. The highest BCUT2D eigenvalue weighted by molar-refractivity contribution is 7.90. The van der Waals surface area contributed by atoms with Crippen LogP contribution < -0.4 is 10.6 Å². The molecule has 6 nitrogen and oxygen atoms in total. The molecule has 7 heteroatoms. The lowest BCUT2D eigenvalue weighted by Crippen LogP contribution is -2.44. The largest absolute Gasteiger partial charge is 0.345 e. The Kier molecular flexibility index (Phi) is 6.11. The fraction of sp³-hybridized carbons (Fsp3) is 0.467. The average molecular weight is 326 g/mol. The summed E-state index contributed by atoms with van der Waals surface area (Å²) in [5.41, 5.74) is 2.54. The molecular formula is C15H22N2O4S. The highest BCUT2D eigenvalue weighted by Crippen LogP contribution is 2.17. The molecule has 0 bridgehead atoms. The van der Waals surface area contributed by atoms with Crippen LogP contribution >= 0.6 is 0 Å². The molecule has 2 N–H and O–H groups in total. The van der Waals surface area contributed by atoms with Gasteiger partial charge in [-0.3, -0.25) is 9.59 Å². The molecular weight excluding hydrogens is 304 g/mol. The first-order valence-electron chi connectivity index (χ1n) is 6.91. The van der Waals surface area contributed by atoms with Crippen molar-refractivity contribution < 1.29 is 18.0 Å². The molecule has 0 radical (unpaired) electrons. The highest BCUT2D eigenvalue weighted by atomic mass is 32.2. The second kappa shape index (κ2) is 7.40. The molecule has 0 aliphatic rings. The van der Waals surface area contributed by atoms with Crippen LogP contribution in [-0.4, -0.2) is 38.3 Å². The van der Waals surface area contributed by atoms with Crippen molar-refractivity contribution in [2.75, 3.05) is 17.3 Å². The van der Waals surface area contributed by atoms with Gasteiger partial charge >= 0.3 is 0 Å². The summed E-state index contributed by atoms with van der Waals surface area (Å²) in [6.07, 6.45) is 1.13. The third-order valence-electron chi connectivity index (χ3n) is 3.12. The lowest BCUT2D eigenvalue weighted by Gasteiger charge is -2.18. The van der Waals surface area contributed by atoms with Gasteiger partial charge in [0.15, 0.2) is 0 Å². The summed E-state index contributed by atoms with van der Waals surface area (Å²) < 4.78 is 22.5. The van der Waals surface area contributed by atoms with Crippen molar-refractivity contribution in [2.24, 2.45) is 0 Å². The topological polar surface area (TPSA) is 92.3 Å². The fourth-order valence-electron chi connectivity index (χ4n) is 1.94. The van der Waals surface area contributed by atoms with Crippen molar-refractivity contribution in [1.82, 2.24) is 5.32 Å². The zero-order valence-corrected chi connectivity index (χ0v) is 14.1. The van der Waals surface area contributed by atoms with E-state index in [1.807, 2.05) is 32.0 Å². The van der Waals surface area contributed by atoms with E-state index in [9.17, 15) is 18.0 Å². The minimum atomic E-state index is -3.21. The van der Waals surface area contributed by atoms with Crippen LogP contribution in [0.15, 0.2) is 18.2 Å². The van der Waals surface area contributed by atoms with Crippen molar-refractivity contribution in [3.8, 4) is 0 Å². The van der Waals surface area contributed by atoms with Crippen molar-refractivity contribution >= 4 is 27.3 Å². The molecule has 0 fully saturated rings. The van der Waals surface area contributed by atoms with Gasteiger partial charge in [0.2, 0.25) is 11.8 Å². The summed E-state index contributed by atoms with van der Waals surface area (Å²) in [5.74, 6) is -0.972. The van der Waals surface area contributed by atoms with Crippen molar-refractivity contribution in [3.05, 3.63) is 29.3 Å². The second-order valence-electron chi connectivity index (χ2n) is 5.48. The quantitative estimate of drug-likeness (QED) is 0.821. The summed E-state index contributed by atoms with van der Waals surface area (Å²) in [5, 5.41) is 5.24. The van der Waals surface area contributed by atoms with Gasteiger partial charge in [-0.25, -0.2) is 8.42 Å². The molecule has 0 aliphatic heterocycles. The van der Waals surface area contributed by atoms with Crippen LogP contribution in [0, 0.1) is 13.8 Å². The summed E-state index contributed by atoms with van der Waals surface area (Å²) >= 11 is 0. The lowest BCUT2D eigenvalue weighted by molar-refractivity contribution is -0.125.